The van der Waals surface area contributed by atoms with E-state index in [0.29, 0.717) is 29.7 Å². The Labute approximate surface area is 139 Å². The van der Waals surface area contributed by atoms with Crippen LogP contribution in [0.2, 0.25) is 0 Å². The summed E-state index contributed by atoms with van der Waals surface area (Å²) in [5, 5.41) is 10.4. The first-order chi connectivity index (χ1) is 11.0. The van der Waals surface area contributed by atoms with Gasteiger partial charge in [0.2, 0.25) is 0 Å². The summed E-state index contributed by atoms with van der Waals surface area (Å²) in [6, 6.07) is 7.45. The van der Waals surface area contributed by atoms with E-state index in [-0.39, 0.29) is 5.69 Å². The van der Waals surface area contributed by atoms with Crippen LogP contribution in [-0.2, 0) is 6.54 Å². The quantitative estimate of drug-likeness (QED) is 0.702. The number of amides is 1. The third-order valence-electron chi connectivity index (χ3n) is 3.00. The molecule has 2 aromatic rings. The van der Waals surface area contributed by atoms with Gasteiger partial charge >= 0.3 is 0 Å². The van der Waals surface area contributed by atoms with Crippen LogP contribution in [0.25, 0.3) is 0 Å². The predicted octanol–water partition coefficient (Wildman–Crippen LogP) is 2.21. The summed E-state index contributed by atoms with van der Waals surface area (Å²) in [7, 11) is 0. The van der Waals surface area contributed by atoms with Crippen LogP contribution in [0.4, 0.5) is 11.4 Å². The second-order valence-corrected chi connectivity index (χ2v) is 5.03. The van der Waals surface area contributed by atoms with Gasteiger partial charge in [-0.25, -0.2) is 0 Å². The molecule has 0 atom stereocenters. The largest absolute Gasteiger partial charge is 0.492 e. The average molecular weight is 333 g/mol. The minimum Gasteiger partial charge on any atom is -0.492 e. The second-order valence-electron chi connectivity index (χ2n) is 4.62. The summed E-state index contributed by atoms with van der Waals surface area (Å²) >= 11 is 5.29. The molecule has 23 heavy (non-hydrogen) atoms. The number of carbonyl (C=O) groups is 1. The van der Waals surface area contributed by atoms with Gasteiger partial charge in [-0.05, 0) is 38.2 Å². The lowest BCUT2D eigenvalue weighted by Gasteiger charge is -2.13. The standard InChI is InChI=1S/C15H19N5O2S/c1-3-20-9-11(13(19-20)14(16)21)18-15(23)17-10-7-5-6-8-12(10)22-4-2/h5-9H,3-4H2,1-2H3,(H2,16,21)(H2,17,18,23). The first-order valence-corrected chi connectivity index (χ1v) is 7.63. The van der Waals surface area contributed by atoms with Crippen molar-refractivity contribution in [2.75, 3.05) is 17.2 Å². The van der Waals surface area contributed by atoms with E-state index < -0.39 is 5.91 Å². The van der Waals surface area contributed by atoms with Gasteiger partial charge in [0.05, 0.1) is 18.0 Å². The van der Waals surface area contributed by atoms with Crippen LogP contribution < -0.4 is 21.1 Å². The predicted molar refractivity (Wildman–Crippen MR) is 93.9 cm³/mol. The van der Waals surface area contributed by atoms with Crippen molar-refractivity contribution >= 4 is 34.6 Å². The summed E-state index contributed by atoms with van der Waals surface area (Å²) in [6.07, 6.45) is 1.68. The van der Waals surface area contributed by atoms with Crippen LogP contribution in [0.15, 0.2) is 30.5 Å². The molecule has 1 amide bonds. The zero-order chi connectivity index (χ0) is 16.8. The van der Waals surface area contributed by atoms with Crippen LogP contribution in [0.5, 0.6) is 5.75 Å². The van der Waals surface area contributed by atoms with Crippen molar-refractivity contribution in [2.24, 2.45) is 5.73 Å². The van der Waals surface area contributed by atoms with E-state index in [2.05, 4.69) is 15.7 Å². The SMILES string of the molecule is CCOc1ccccc1NC(=S)Nc1cn(CC)nc1C(N)=O. The van der Waals surface area contributed by atoms with E-state index in [1.807, 2.05) is 38.1 Å². The topological polar surface area (TPSA) is 94.2 Å². The molecular weight excluding hydrogens is 314 g/mol. The Bertz CT molecular complexity index is 714. The van der Waals surface area contributed by atoms with Crippen LogP contribution in [0, 0.1) is 0 Å². The lowest BCUT2D eigenvalue weighted by molar-refractivity contribution is 0.0995. The Kier molecular flexibility index (Phi) is 5.53. The molecule has 0 aliphatic carbocycles. The maximum absolute atomic E-state index is 11.5. The van der Waals surface area contributed by atoms with Crippen LogP contribution >= 0.6 is 12.2 Å². The molecule has 7 nitrogen and oxygen atoms in total. The molecule has 1 heterocycles. The van der Waals surface area contributed by atoms with Crippen molar-refractivity contribution in [3.8, 4) is 5.75 Å². The van der Waals surface area contributed by atoms with E-state index in [0.717, 1.165) is 5.69 Å². The number of benzene rings is 1. The van der Waals surface area contributed by atoms with E-state index in [1.54, 1.807) is 10.9 Å². The third kappa shape index (κ3) is 4.19. The summed E-state index contributed by atoms with van der Waals surface area (Å²) in [4.78, 5) is 11.5. The molecule has 1 aromatic heterocycles. The molecule has 0 fully saturated rings. The molecule has 2 rings (SSSR count). The number of nitrogens with one attached hydrogen (secondary N) is 2. The number of hydrogen-bond acceptors (Lipinski definition) is 4. The number of para-hydroxylation sites is 2. The lowest BCUT2D eigenvalue weighted by atomic mass is 10.3. The lowest BCUT2D eigenvalue weighted by Crippen LogP contribution is -2.22. The molecule has 0 saturated heterocycles. The Hall–Kier alpha value is -2.61. The van der Waals surface area contributed by atoms with Gasteiger partial charge in [0.25, 0.3) is 5.91 Å². The number of primary amides is 1. The number of hydrogen-bond donors (Lipinski definition) is 3. The molecule has 0 aliphatic heterocycles. The number of thiocarbonyl (C=S) groups is 1. The molecule has 0 saturated carbocycles. The van der Waals surface area contributed by atoms with Crippen molar-refractivity contribution in [3.05, 3.63) is 36.2 Å². The van der Waals surface area contributed by atoms with Gasteiger partial charge in [0, 0.05) is 12.7 Å². The zero-order valence-corrected chi connectivity index (χ0v) is 13.8. The van der Waals surface area contributed by atoms with Crippen molar-refractivity contribution in [2.45, 2.75) is 20.4 Å². The Balaban J connectivity index is 2.14. The molecule has 0 radical (unpaired) electrons. The normalized spacial score (nSPS) is 10.2. The summed E-state index contributed by atoms with van der Waals surface area (Å²) in [5.74, 6) is 0.0794. The number of carbonyl (C=O) groups excluding carboxylic acids is 1. The molecule has 0 aliphatic rings. The highest BCUT2D eigenvalue weighted by molar-refractivity contribution is 7.80. The third-order valence-corrected chi connectivity index (χ3v) is 3.21. The number of nitrogens with two attached hydrogens (primary N) is 1. The maximum atomic E-state index is 11.5. The molecule has 0 unspecified atom stereocenters. The fourth-order valence-electron chi connectivity index (χ4n) is 1.98. The number of ether oxygens (including phenoxy) is 1. The first kappa shape index (κ1) is 16.8. The zero-order valence-electron chi connectivity index (χ0n) is 13.0. The number of rotatable bonds is 6. The molecule has 0 bridgehead atoms. The smallest absolute Gasteiger partial charge is 0.271 e. The molecule has 4 N–H and O–H groups in total. The highest BCUT2D eigenvalue weighted by atomic mass is 32.1. The Morgan fingerprint density at radius 2 is 2.00 bits per heavy atom. The summed E-state index contributed by atoms with van der Waals surface area (Å²) < 4.78 is 7.14. The van der Waals surface area contributed by atoms with Gasteiger partial charge in [0.1, 0.15) is 5.75 Å². The number of aryl methyl sites for hydroxylation is 1. The van der Waals surface area contributed by atoms with Crippen molar-refractivity contribution < 1.29 is 9.53 Å². The monoisotopic (exact) mass is 333 g/mol. The van der Waals surface area contributed by atoms with Crippen LogP contribution in [0.3, 0.4) is 0 Å². The van der Waals surface area contributed by atoms with E-state index in [9.17, 15) is 4.79 Å². The molecule has 0 spiro atoms. The molecule has 1 aromatic carbocycles. The number of aromatic nitrogens is 2. The van der Waals surface area contributed by atoms with Crippen LogP contribution in [-0.4, -0.2) is 27.4 Å². The van der Waals surface area contributed by atoms with Gasteiger partial charge < -0.3 is 21.1 Å². The number of nitrogens with zero attached hydrogens (tertiary/aromatic N) is 2. The van der Waals surface area contributed by atoms with Crippen molar-refractivity contribution in [1.82, 2.24) is 9.78 Å². The Morgan fingerprint density at radius 3 is 2.65 bits per heavy atom. The highest BCUT2D eigenvalue weighted by Crippen LogP contribution is 2.24. The van der Waals surface area contributed by atoms with Gasteiger partial charge in [-0.1, -0.05) is 12.1 Å². The van der Waals surface area contributed by atoms with E-state index >= 15 is 0 Å². The van der Waals surface area contributed by atoms with Crippen LogP contribution in [0.1, 0.15) is 24.3 Å². The van der Waals surface area contributed by atoms with Gasteiger partial charge in [0.15, 0.2) is 10.8 Å². The Morgan fingerprint density at radius 1 is 1.30 bits per heavy atom. The fourth-order valence-corrected chi connectivity index (χ4v) is 2.20. The van der Waals surface area contributed by atoms with E-state index in [1.165, 1.54) is 0 Å². The summed E-state index contributed by atoms with van der Waals surface area (Å²) in [5.41, 5.74) is 6.68. The second kappa shape index (κ2) is 7.59. The van der Waals surface area contributed by atoms with E-state index in [4.69, 9.17) is 22.7 Å². The minimum atomic E-state index is -0.614. The number of anilines is 2. The maximum Gasteiger partial charge on any atom is 0.271 e. The van der Waals surface area contributed by atoms with Gasteiger partial charge in [-0.3, -0.25) is 9.48 Å². The average Bonchev–Trinajstić information content (AvgIpc) is 2.92. The molecular formula is C15H19N5O2S. The van der Waals surface area contributed by atoms with Gasteiger partial charge in [-0.2, -0.15) is 5.10 Å². The van der Waals surface area contributed by atoms with Gasteiger partial charge in [-0.15, -0.1) is 0 Å². The summed E-state index contributed by atoms with van der Waals surface area (Å²) in [6.45, 7) is 4.99. The van der Waals surface area contributed by atoms with Crippen molar-refractivity contribution in [1.29, 1.82) is 0 Å². The van der Waals surface area contributed by atoms with Crippen molar-refractivity contribution in [3.63, 3.8) is 0 Å². The fraction of sp³-hybridized carbons (Fsp3) is 0.267. The minimum absolute atomic E-state index is 0.147. The highest BCUT2D eigenvalue weighted by Gasteiger charge is 2.15. The molecule has 8 heteroatoms. The first-order valence-electron chi connectivity index (χ1n) is 7.22. The molecule has 122 valence electrons.